The maximum atomic E-state index is 14.6. The van der Waals surface area contributed by atoms with Crippen LogP contribution in [-0.4, -0.2) is 51.5 Å². The fourth-order valence-electron chi connectivity index (χ4n) is 5.45. The minimum Gasteiger partial charge on any atom is -0.380 e. The first kappa shape index (κ1) is 20.6. The molecule has 1 unspecified atom stereocenters. The van der Waals surface area contributed by atoms with Crippen molar-refractivity contribution in [2.45, 2.75) is 25.1 Å². The van der Waals surface area contributed by atoms with Crippen LogP contribution < -0.4 is 5.32 Å². The van der Waals surface area contributed by atoms with E-state index in [1.54, 1.807) is 6.07 Å². The van der Waals surface area contributed by atoms with Crippen LogP contribution in [0.1, 0.15) is 29.3 Å². The van der Waals surface area contributed by atoms with Crippen molar-refractivity contribution in [3.05, 3.63) is 53.2 Å². The molecule has 2 N–H and O–H groups in total. The number of ether oxygens (including phenoxy) is 1. The topological polar surface area (TPSA) is 65.8 Å². The van der Waals surface area contributed by atoms with Gasteiger partial charge in [0.05, 0.1) is 30.4 Å². The van der Waals surface area contributed by atoms with Crippen LogP contribution in [0.3, 0.4) is 0 Å². The van der Waals surface area contributed by atoms with Gasteiger partial charge in [-0.05, 0) is 29.7 Å². The first-order chi connectivity index (χ1) is 15.9. The molecule has 4 heterocycles. The average Bonchev–Trinajstić information content (AvgIpc) is 3.49. The summed E-state index contributed by atoms with van der Waals surface area (Å²) in [5.41, 5.74) is 1.76. The van der Waals surface area contributed by atoms with Crippen LogP contribution in [0.15, 0.2) is 30.6 Å². The van der Waals surface area contributed by atoms with Gasteiger partial charge in [0.2, 0.25) is 0 Å². The Morgan fingerprint density at radius 1 is 1.09 bits per heavy atom. The summed E-state index contributed by atoms with van der Waals surface area (Å²) in [6.07, 6.45) is -2.04. The number of aromatic amines is 1. The first-order valence-corrected chi connectivity index (χ1v) is 11.0. The summed E-state index contributed by atoms with van der Waals surface area (Å²) < 4.78 is 62.4. The van der Waals surface area contributed by atoms with Crippen molar-refractivity contribution in [3.63, 3.8) is 0 Å². The van der Waals surface area contributed by atoms with E-state index in [9.17, 15) is 17.6 Å². The fraction of sp³-hybridized carbons (Fsp3) is 0.435. The van der Waals surface area contributed by atoms with Crippen molar-refractivity contribution >= 4 is 22.6 Å². The SMILES string of the molecule is Fc1cccc2c1CCC(=[N+]1CC3COC[C@@H]3C1)[C@H]2Nc1ncnc2[nH]c(C(F)(F)F)cc12. The van der Waals surface area contributed by atoms with Crippen LogP contribution in [0.5, 0.6) is 0 Å². The number of halogens is 4. The third-order valence-electron chi connectivity index (χ3n) is 7.09. The zero-order valence-electron chi connectivity index (χ0n) is 17.6. The highest BCUT2D eigenvalue weighted by atomic mass is 19.4. The highest BCUT2D eigenvalue weighted by Gasteiger charge is 2.44. The molecule has 3 aromatic rings. The Kier molecular flexibility index (Phi) is 4.69. The molecule has 1 aliphatic carbocycles. The lowest BCUT2D eigenvalue weighted by molar-refractivity contribution is -0.516. The van der Waals surface area contributed by atoms with Gasteiger partial charge >= 0.3 is 6.18 Å². The molecule has 2 fully saturated rings. The molecule has 0 amide bonds. The first-order valence-electron chi connectivity index (χ1n) is 11.0. The molecule has 2 aliphatic heterocycles. The van der Waals surface area contributed by atoms with E-state index < -0.39 is 17.9 Å². The van der Waals surface area contributed by atoms with E-state index in [1.807, 2.05) is 6.07 Å². The number of anilines is 1. The highest BCUT2D eigenvalue weighted by Crippen LogP contribution is 2.37. The highest BCUT2D eigenvalue weighted by molar-refractivity contribution is 5.94. The Hall–Kier alpha value is -3.01. The lowest BCUT2D eigenvalue weighted by Crippen LogP contribution is -2.35. The normalized spacial score (nSPS) is 27.1. The van der Waals surface area contributed by atoms with E-state index in [1.165, 1.54) is 12.4 Å². The van der Waals surface area contributed by atoms with Gasteiger partial charge in [0.25, 0.3) is 0 Å². The fourth-order valence-corrected chi connectivity index (χ4v) is 5.45. The van der Waals surface area contributed by atoms with Gasteiger partial charge in [-0.15, -0.1) is 0 Å². The number of fused-ring (bicyclic) bond motifs is 3. The van der Waals surface area contributed by atoms with Gasteiger partial charge in [-0.1, -0.05) is 12.1 Å². The number of aromatic nitrogens is 3. The molecular weight excluding hydrogens is 438 g/mol. The largest absolute Gasteiger partial charge is 0.431 e. The molecule has 2 saturated heterocycles. The number of alkyl halides is 3. The Morgan fingerprint density at radius 2 is 1.88 bits per heavy atom. The molecule has 0 bridgehead atoms. The van der Waals surface area contributed by atoms with E-state index in [0.717, 1.165) is 43.6 Å². The molecule has 0 spiro atoms. The molecule has 0 saturated carbocycles. The average molecular weight is 460 g/mol. The molecule has 0 radical (unpaired) electrons. The summed E-state index contributed by atoms with van der Waals surface area (Å²) >= 11 is 0. The molecule has 172 valence electrons. The van der Waals surface area contributed by atoms with Crippen LogP contribution in [0.2, 0.25) is 0 Å². The Labute approximate surface area is 186 Å². The Morgan fingerprint density at radius 3 is 2.64 bits per heavy atom. The maximum Gasteiger partial charge on any atom is 0.431 e. The molecule has 6 rings (SSSR count). The second kappa shape index (κ2) is 7.51. The Balaban J connectivity index is 1.45. The van der Waals surface area contributed by atoms with Crippen LogP contribution >= 0.6 is 0 Å². The molecule has 33 heavy (non-hydrogen) atoms. The van der Waals surface area contributed by atoms with Gasteiger partial charge in [-0.3, -0.25) is 0 Å². The molecular formula is C23H22F4N5O+. The van der Waals surface area contributed by atoms with Gasteiger partial charge in [0, 0.05) is 6.42 Å². The van der Waals surface area contributed by atoms with E-state index in [-0.39, 0.29) is 22.7 Å². The standard InChI is InChI=1S/C23H22F4N5O/c24-17-3-1-2-15-14(17)4-5-18(32-7-12-9-33-10-13(12)8-32)20(15)31-22-16-6-19(23(25,26)27)30-21(16)28-11-29-22/h1-3,6,11-13,20H,4-5,7-10H2,(H2,28,29,30,31)/q+1/t12-,13?,20-/m0/s1. The van der Waals surface area contributed by atoms with Gasteiger partial charge in [-0.25, -0.2) is 18.9 Å². The predicted octanol–water partition coefficient (Wildman–Crippen LogP) is 3.94. The number of nitrogens with zero attached hydrogens (tertiary/aromatic N) is 3. The molecule has 2 aromatic heterocycles. The van der Waals surface area contributed by atoms with Gasteiger partial charge in [0.15, 0.2) is 5.71 Å². The quantitative estimate of drug-likeness (QED) is 0.449. The summed E-state index contributed by atoms with van der Waals surface area (Å²) in [5.74, 6) is 0.960. The van der Waals surface area contributed by atoms with E-state index in [4.69, 9.17) is 4.74 Å². The van der Waals surface area contributed by atoms with Crippen molar-refractivity contribution in [3.8, 4) is 0 Å². The lowest BCUT2D eigenvalue weighted by Gasteiger charge is -2.27. The maximum absolute atomic E-state index is 14.6. The number of nitrogens with one attached hydrogen (secondary N) is 2. The predicted molar refractivity (Wildman–Crippen MR) is 113 cm³/mol. The van der Waals surface area contributed by atoms with E-state index in [2.05, 4.69) is 24.8 Å². The monoisotopic (exact) mass is 460 g/mol. The van der Waals surface area contributed by atoms with Crippen LogP contribution in [0.4, 0.5) is 23.4 Å². The number of hydrogen-bond acceptors (Lipinski definition) is 4. The zero-order valence-corrected chi connectivity index (χ0v) is 17.6. The number of benzene rings is 1. The van der Waals surface area contributed by atoms with Gasteiger partial charge in [0.1, 0.15) is 48.4 Å². The smallest absolute Gasteiger partial charge is 0.380 e. The third-order valence-corrected chi connectivity index (χ3v) is 7.09. The second-order valence-electron chi connectivity index (χ2n) is 9.00. The van der Waals surface area contributed by atoms with Crippen molar-refractivity contribution < 1.29 is 26.9 Å². The lowest BCUT2D eigenvalue weighted by atomic mass is 9.85. The third kappa shape index (κ3) is 3.47. The van der Waals surface area contributed by atoms with Crippen molar-refractivity contribution in [2.75, 3.05) is 31.6 Å². The van der Waals surface area contributed by atoms with Crippen molar-refractivity contribution in [2.24, 2.45) is 11.8 Å². The number of H-pyrrole nitrogens is 1. The summed E-state index contributed by atoms with van der Waals surface area (Å²) in [6, 6.07) is 5.62. The number of hydrogen-bond donors (Lipinski definition) is 2. The molecule has 3 aliphatic rings. The van der Waals surface area contributed by atoms with Crippen LogP contribution in [0.25, 0.3) is 11.0 Å². The summed E-state index contributed by atoms with van der Waals surface area (Å²) in [7, 11) is 0. The van der Waals surface area contributed by atoms with Crippen molar-refractivity contribution in [1.82, 2.24) is 15.0 Å². The zero-order chi connectivity index (χ0) is 22.7. The van der Waals surface area contributed by atoms with Crippen molar-refractivity contribution in [1.29, 1.82) is 0 Å². The molecule has 1 aromatic carbocycles. The van der Waals surface area contributed by atoms with Crippen LogP contribution in [-0.2, 0) is 17.3 Å². The van der Waals surface area contributed by atoms with E-state index in [0.29, 0.717) is 30.2 Å². The minimum atomic E-state index is -4.52. The number of rotatable bonds is 2. The Bertz CT molecular complexity index is 1250. The van der Waals surface area contributed by atoms with Gasteiger partial charge in [-0.2, -0.15) is 13.2 Å². The van der Waals surface area contributed by atoms with E-state index >= 15 is 0 Å². The van der Waals surface area contributed by atoms with Crippen LogP contribution in [0, 0.1) is 17.7 Å². The summed E-state index contributed by atoms with van der Waals surface area (Å²) in [5, 5.41) is 3.60. The second-order valence-corrected chi connectivity index (χ2v) is 9.00. The molecule has 3 atom stereocenters. The molecule has 10 heteroatoms. The summed E-state index contributed by atoms with van der Waals surface area (Å²) in [4.78, 5) is 10.5. The summed E-state index contributed by atoms with van der Waals surface area (Å²) in [6.45, 7) is 3.22. The minimum absolute atomic E-state index is 0.101. The van der Waals surface area contributed by atoms with Gasteiger partial charge < -0.3 is 15.0 Å². The molecule has 6 nitrogen and oxygen atoms in total.